The number of nitrogens with zero attached hydrogens (tertiary/aromatic N) is 1. The van der Waals surface area contributed by atoms with E-state index < -0.39 is 5.82 Å². The summed E-state index contributed by atoms with van der Waals surface area (Å²) in [5, 5.41) is 11.5. The van der Waals surface area contributed by atoms with Crippen molar-refractivity contribution in [1.82, 2.24) is 0 Å². The molecule has 0 aliphatic heterocycles. The molecule has 0 radical (unpaired) electrons. The maximum absolute atomic E-state index is 12.9. The van der Waals surface area contributed by atoms with E-state index in [4.69, 9.17) is 5.26 Å². The van der Waals surface area contributed by atoms with E-state index in [0.717, 1.165) is 0 Å². The van der Waals surface area contributed by atoms with Crippen LogP contribution in [-0.2, 0) is 0 Å². The Kier molecular flexibility index (Phi) is 2.65. The predicted molar refractivity (Wildman–Crippen MR) is 45.3 cm³/mol. The van der Waals surface area contributed by atoms with E-state index in [1.807, 2.05) is 13.0 Å². The number of nitrogens with one attached hydrogen (secondary N) is 1. The van der Waals surface area contributed by atoms with E-state index in [0.29, 0.717) is 12.2 Å². The van der Waals surface area contributed by atoms with Crippen LogP contribution in [0, 0.1) is 17.1 Å². The van der Waals surface area contributed by atoms with Gasteiger partial charge in [0.15, 0.2) is 0 Å². The van der Waals surface area contributed by atoms with Gasteiger partial charge in [-0.3, -0.25) is 0 Å². The normalized spacial score (nSPS) is 9.08. The minimum absolute atomic E-state index is 0.0827. The quantitative estimate of drug-likeness (QED) is 0.726. The summed E-state index contributed by atoms with van der Waals surface area (Å²) in [7, 11) is 0. The third kappa shape index (κ3) is 1.54. The molecule has 0 aliphatic rings. The number of halogens is 1. The van der Waals surface area contributed by atoms with Gasteiger partial charge in [-0.1, -0.05) is 6.07 Å². The van der Waals surface area contributed by atoms with Crippen molar-refractivity contribution in [3.8, 4) is 6.07 Å². The highest BCUT2D eigenvalue weighted by Gasteiger charge is 2.05. The van der Waals surface area contributed by atoms with Gasteiger partial charge in [-0.15, -0.1) is 0 Å². The standard InChI is InChI=1S/C9H9FN2/c1-2-12-9-5-3-4-8(10)7(9)6-11/h3-5,12H,2H2,1H3. The first kappa shape index (κ1) is 8.54. The lowest BCUT2D eigenvalue weighted by molar-refractivity contribution is 0.624. The number of hydrogen-bond donors (Lipinski definition) is 1. The molecule has 0 bridgehead atoms. The van der Waals surface area contributed by atoms with Crippen LogP contribution in [0.4, 0.5) is 10.1 Å². The van der Waals surface area contributed by atoms with Crippen molar-refractivity contribution in [2.24, 2.45) is 0 Å². The van der Waals surface area contributed by atoms with E-state index in [2.05, 4.69) is 5.32 Å². The predicted octanol–water partition coefficient (Wildman–Crippen LogP) is 2.13. The highest BCUT2D eigenvalue weighted by molar-refractivity contribution is 5.57. The van der Waals surface area contributed by atoms with Gasteiger partial charge < -0.3 is 5.32 Å². The van der Waals surface area contributed by atoms with Crippen LogP contribution in [0.1, 0.15) is 12.5 Å². The molecule has 1 N–H and O–H groups in total. The molecule has 3 heteroatoms. The van der Waals surface area contributed by atoms with Crippen molar-refractivity contribution in [2.45, 2.75) is 6.92 Å². The molecule has 0 unspecified atom stereocenters. The van der Waals surface area contributed by atoms with E-state index in [1.54, 1.807) is 12.1 Å². The first-order valence-electron chi connectivity index (χ1n) is 3.72. The van der Waals surface area contributed by atoms with E-state index in [-0.39, 0.29) is 5.56 Å². The maximum Gasteiger partial charge on any atom is 0.143 e. The van der Waals surface area contributed by atoms with Gasteiger partial charge in [-0.2, -0.15) is 5.26 Å². The molecule has 2 nitrogen and oxygen atoms in total. The van der Waals surface area contributed by atoms with E-state index in [1.165, 1.54) is 6.07 Å². The SMILES string of the molecule is CCNc1cccc(F)c1C#N. The minimum atomic E-state index is -0.476. The fourth-order valence-corrected chi connectivity index (χ4v) is 0.976. The average Bonchev–Trinajstić information content (AvgIpc) is 2.05. The van der Waals surface area contributed by atoms with Crippen LogP contribution in [-0.4, -0.2) is 6.54 Å². The molecule has 1 rings (SSSR count). The summed E-state index contributed by atoms with van der Waals surface area (Å²) >= 11 is 0. The molecular weight excluding hydrogens is 155 g/mol. The largest absolute Gasteiger partial charge is 0.384 e. The summed E-state index contributed by atoms with van der Waals surface area (Å²) in [5.74, 6) is -0.476. The van der Waals surface area contributed by atoms with Gasteiger partial charge in [-0.25, -0.2) is 4.39 Å². The van der Waals surface area contributed by atoms with Gasteiger partial charge in [0, 0.05) is 6.54 Å². The molecular formula is C9H9FN2. The Morgan fingerprint density at radius 1 is 1.58 bits per heavy atom. The smallest absolute Gasteiger partial charge is 0.143 e. The highest BCUT2D eigenvalue weighted by atomic mass is 19.1. The molecule has 0 saturated heterocycles. The number of hydrogen-bond acceptors (Lipinski definition) is 2. The second-order valence-electron chi connectivity index (χ2n) is 2.30. The monoisotopic (exact) mass is 164 g/mol. The molecule has 0 saturated carbocycles. The lowest BCUT2D eigenvalue weighted by atomic mass is 10.2. The van der Waals surface area contributed by atoms with Crippen LogP contribution >= 0.6 is 0 Å². The third-order valence-electron chi connectivity index (χ3n) is 1.49. The fourth-order valence-electron chi connectivity index (χ4n) is 0.976. The summed E-state index contributed by atoms with van der Waals surface area (Å²) < 4.78 is 12.9. The van der Waals surface area contributed by atoms with Crippen LogP contribution in [0.3, 0.4) is 0 Å². The molecule has 62 valence electrons. The summed E-state index contributed by atoms with van der Waals surface area (Å²) in [4.78, 5) is 0. The molecule has 0 heterocycles. The van der Waals surface area contributed by atoms with Gasteiger partial charge >= 0.3 is 0 Å². The molecule has 0 aliphatic carbocycles. The van der Waals surface area contributed by atoms with Crippen molar-refractivity contribution in [2.75, 3.05) is 11.9 Å². The first-order chi connectivity index (χ1) is 5.79. The van der Waals surface area contributed by atoms with Crippen LogP contribution in [0.15, 0.2) is 18.2 Å². The molecule has 0 amide bonds. The van der Waals surface area contributed by atoms with Crippen molar-refractivity contribution >= 4 is 5.69 Å². The number of nitriles is 1. The van der Waals surface area contributed by atoms with Crippen molar-refractivity contribution in [3.05, 3.63) is 29.6 Å². The number of rotatable bonds is 2. The van der Waals surface area contributed by atoms with Crippen LogP contribution in [0.2, 0.25) is 0 Å². The molecule has 0 fully saturated rings. The van der Waals surface area contributed by atoms with E-state index >= 15 is 0 Å². The third-order valence-corrected chi connectivity index (χ3v) is 1.49. The summed E-state index contributed by atoms with van der Waals surface area (Å²) in [6, 6.07) is 6.35. The second kappa shape index (κ2) is 3.72. The Balaban J connectivity index is 3.11. The van der Waals surface area contributed by atoms with Gasteiger partial charge in [-0.05, 0) is 19.1 Å². The van der Waals surface area contributed by atoms with Gasteiger partial charge in [0.2, 0.25) is 0 Å². The summed E-state index contributed by atoms with van der Waals surface area (Å²) in [5.41, 5.74) is 0.638. The van der Waals surface area contributed by atoms with Gasteiger partial charge in [0.05, 0.1) is 5.69 Å². The second-order valence-corrected chi connectivity index (χ2v) is 2.30. The van der Waals surface area contributed by atoms with E-state index in [9.17, 15) is 4.39 Å². The zero-order chi connectivity index (χ0) is 8.97. The van der Waals surface area contributed by atoms with Crippen molar-refractivity contribution in [1.29, 1.82) is 5.26 Å². The Labute approximate surface area is 70.6 Å². The maximum atomic E-state index is 12.9. The molecule has 0 atom stereocenters. The minimum Gasteiger partial charge on any atom is -0.384 e. The molecule has 1 aromatic rings. The van der Waals surface area contributed by atoms with Crippen LogP contribution < -0.4 is 5.32 Å². The zero-order valence-corrected chi connectivity index (χ0v) is 6.76. The average molecular weight is 164 g/mol. The lowest BCUT2D eigenvalue weighted by Crippen LogP contribution is -2.00. The molecule has 1 aromatic carbocycles. The van der Waals surface area contributed by atoms with Crippen molar-refractivity contribution < 1.29 is 4.39 Å². The Morgan fingerprint density at radius 2 is 2.33 bits per heavy atom. The lowest BCUT2D eigenvalue weighted by Gasteiger charge is -2.04. The number of anilines is 1. The Bertz CT molecular complexity index is 315. The molecule has 12 heavy (non-hydrogen) atoms. The van der Waals surface area contributed by atoms with Gasteiger partial charge in [0.1, 0.15) is 17.4 Å². The van der Waals surface area contributed by atoms with Crippen molar-refractivity contribution in [3.63, 3.8) is 0 Å². The van der Waals surface area contributed by atoms with Crippen LogP contribution in [0.25, 0.3) is 0 Å². The number of benzene rings is 1. The summed E-state index contributed by atoms with van der Waals surface area (Å²) in [6.07, 6.45) is 0. The Morgan fingerprint density at radius 3 is 2.92 bits per heavy atom. The summed E-state index contributed by atoms with van der Waals surface area (Å²) in [6.45, 7) is 2.57. The fraction of sp³-hybridized carbons (Fsp3) is 0.222. The first-order valence-corrected chi connectivity index (χ1v) is 3.72. The zero-order valence-electron chi connectivity index (χ0n) is 6.76. The topological polar surface area (TPSA) is 35.8 Å². The van der Waals surface area contributed by atoms with Crippen LogP contribution in [0.5, 0.6) is 0 Å². The molecule has 0 spiro atoms. The Hall–Kier alpha value is -1.56. The molecule has 0 aromatic heterocycles. The highest BCUT2D eigenvalue weighted by Crippen LogP contribution is 2.16. The van der Waals surface area contributed by atoms with Gasteiger partial charge in [0.25, 0.3) is 0 Å².